The lowest BCUT2D eigenvalue weighted by Gasteiger charge is -2.26. The van der Waals surface area contributed by atoms with Crippen molar-refractivity contribution >= 4 is 11.7 Å². The van der Waals surface area contributed by atoms with Gasteiger partial charge in [0, 0.05) is 49.4 Å². The van der Waals surface area contributed by atoms with Gasteiger partial charge in [0.2, 0.25) is 0 Å². The third-order valence-corrected chi connectivity index (χ3v) is 6.26. The second-order valence-electron chi connectivity index (χ2n) is 8.75. The highest BCUT2D eigenvalue weighted by atomic mass is 19.4. The minimum atomic E-state index is -4.48. The van der Waals surface area contributed by atoms with E-state index in [1.165, 1.54) is 17.7 Å². The molecule has 1 fully saturated rings. The molecule has 5 nitrogen and oxygen atoms in total. The Hall–Kier alpha value is -3.42. The van der Waals surface area contributed by atoms with Crippen LogP contribution in [0.4, 0.5) is 19.0 Å². The molecule has 1 aliphatic heterocycles. The second kappa shape index (κ2) is 10.5. The fourth-order valence-electron chi connectivity index (χ4n) is 4.52. The smallest absolute Gasteiger partial charge is 0.354 e. The van der Waals surface area contributed by atoms with E-state index < -0.39 is 11.7 Å². The first-order valence-corrected chi connectivity index (χ1v) is 11.9. The Kier molecular flexibility index (Phi) is 7.38. The Labute approximate surface area is 203 Å². The third kappa shape index (κ3) is 5.81. The van der Waals surface area contributed by atoms with Crippen LogP contribution in [-0.4, -0.2) is 47.0 Å². The molecule has 0 bridgehead atoms. The van der Waals surface area contributed by atoms with Crippen molar-refractivity contribution < 1.29 is 18.0 Å². The van der Waals surface area contributed by atoms with E-state index in [4.69, 9.17) is 4.98 Å². The molecule has 0 spiro atoms. The predicted octanol–water partition coefficient (Wildman–Crippen LogP) is 5.31. The van der Waals surface area contributed by atoms with Crippen LogP contribution in [-0.2, 0) is 19.0 Å². The third-order valence-electron chi connectivity index (χ3n) is 6.26. The zero-order valence-electron chi connectivity index (χ0n) is 20.0. The molecule has 0 unspecified atom stereocenters. The lowest BCUT2D eigenvalue weighted by Crippen LogP contribution is -2.36. The van der Waals surface area contributed by atoms with E-state index in [9.17, 15) is 18.0 Å². The van der Waals surface area contributed by atoms with Gasteiger partial charge in [0.25, 0.3) is 5.91 Å². The SMILES string of the molecule is CCc1nc(C)nc(N2CCCN(C(=O)c3cccc(C(F)(F)F)c3)CC2)c1Cc1ccccc1. The van der Waals surface area contributed by atoms with E-state index in [0.717, 1.165) is 35.6 Å². The molecule has 0 saturated carbocycles. The van der Waals surface area contributed by atoms with Crippen molar-refractivity contribution in [3.05, 3.63) is 88.4 Å². The minimum absolute atomic E-state index is 0.0594. The summed E-state index contributed by atoms with van der Waals surface area (Å²) in [6.45, 7) is 6.10. The number of halogens is 3. The Balaban J connectivity index is 1.57. The van der Waals surface area contributed by atoms with Crippen molar-refractivity contribution in [3.63, 3.8) is 0 Å². The van der Waals surface area contributed by atoms with Crippen LogP contribution in [0, 0.1) is 6.92 Å². The number of hydrogen-bond donors (Lipinski definition) is 0. The molecule has 8 heteroatoms. The molecule has 0 radical (unpaired) electrons. The highest BCUT2D eigenvalue weighted by Gasteiger charge is 2.31. The molecular weight excluding hydrogens is 453 g/mol. The topological polar surface area (TPSA) is 49.3 Å². The molecule has 184 valence electrons. The molecule has 0 N–H and O–H groups in total. The average molecular weight is 483 g/mol. The van der Waals surface area contributed by atoms with Crippen LogP contribution < -0.4 is 4.90 Å². The lowest BCUT2D eigenvalue weighted by molar-refractivity contribution is -0.137. The summed E-state index contributed by atoms with van der Waals surface area (Å²) in [7, 11) is 0. The summed E-state index contributed by atoms with van der Waals surface area (Å²) in [5.41, 5.74) is 2.52. The molecule has 3 aromatic rings. The Morgan fingerprint density at radius 1 is 0.971 bits per heavy atom. The van der Waals surface area contributed by atoms with Gasteiger partial charge in [0.15, 0.2) is 0 Å². The van der Waals surface area contributed by atoms with Gasteiger partial charge in [0.1, 0.15) is 11.6 Å². The number of aryl methyl sites for hydroxylation is 2. The van der Waals surface area contributed by atoms with Crippen LogP contribution in [0.15, 0.2) is 54.6 Å². The van der Waals surface area contributed by atoms with Crippen molar-refractivity contribution in [1.82, 2.24) is 14.9 Å². The highest BCUT2D eigenvalue weighted by molar-refractivity contribution is 5.94. The lowest BCUT2D eigenvalue weighted by atomic mass is 10.0. The largest absolute Gasteiger partial charge is 0.416 e. The van der Waals surface area contributed by atoms with E-state index in [1.807, 2.05) is 25.1 Å². The van der Waals surface area contributed by atoms with Gasteiger partial charge in [-0.25, -0.2) is 9.97 Å². The quantitative estimate of drug-likeness (QED) is 0.495. The van der Waals surface area contributed by atoms with Crippen molar-refractivity contribution in [2.45, 2.75) is 39.3 Å². The van der Waals surface area contributed by atoms with Gasteiger partial charge in [-0.05, 0) is 43.5 Å². The van der Waals surface area contributed by atoms with Crippen molar-refractivity contribution in [2.24, 2.45) is 0 Å². The molecule has 0 atom stereocenters. The molecule has 0 aliphatic carbocycles. The molecule has 1 aliphatic rings. The standard InChI is InChI=1S/C27H29F3N4O/c1-3-24-23(17-20-9-5-4-6-10-20)25(32-19(2)31-24)33-13-8-14-34(16-15-33)26(35)21-11-7-12-22(18-21)27(28,29)30/h4-7,9-12,18H,3,8,13-17H2,1-2H3. The maximum Gasteiger partial charge on any atom is 0.416 e. The van der Waals surface area contributed by atoms with Crippen molar-refractivity contribution in [1.29, 1.82) is 0 Å². The van der Waals surface area contributed by atoms with E-state index in [-0.39, 0.29) is 11.5 Å². The van der Waals surface area contributed by atoms with E-state index >= 15 is 0 Å². The highest BCUT2D eigenvalue weighted by Crippen LogP contribution is 2.30. The molecule has 35 heavy (non-hydrogen) atoms. The van der Waals surface area contributed by atoms with Gasteiger partial charge in [-0.2, -0.15) is 13.2 Å². The summed E-state index contributed by atoms with van der Waals surface area (Å²) in [6, 6.07) is 14.8. The summed E-state index contributed by atoms with van der Waals surface area (Å²) in [4.78, 5) is 26.4. The van der Waals surface area contributed by atoms with E-state index in [0.29, 0.717) is 44.8 Å². The zero-order valence-corrected chi connectivity index (χ0v) is 20.0. The number of anilines is 1. The van der Waals surface area contributed by atoms with Gasteiger partial charge in [0.05, 0.1) is 5.56 Å². The van der Waals surface area contributed by atoms with Crippen LogP contribution >= 0.6 is 0 Å². The fourth-order valence-corrected chi connectivity index (χ4v) is 4.52. The normalized spacial score (nSPS) is 14.7. The van der Waals surface area contributed by atoms with Crippen LogP contribution in [0.3, 0.4) is 0 Å². The van der Waals surface area contributed by atoms with E-state index in [2.05, 4.69) is 28.9 Å². The number of aromatic nitrogens is 2. The number of benzene rings is 2. The number of rotatable bonds is 5. The molecule has 2 aromatic carbocycles. The van der Waals surface area contributed by atoms with Crippen LogP contribution in [0.5, 0.6) is 0 Å². The summed E-state index contributed by atoms with van der Waals surface area (Å²) >= 11 is 0. The number of carbonyl (C=O) groups is 1. The Morgan fingerprint density at radius 2 is 1.74 bits per heavy atom. The molecule has 1 saturated heterocycles. The first kappa shape index (κ1) is 24.7. The molecule has 1 aromatic heterocycles. The first-order chi connectivity index (χ1) is 16.8. The number of alkyl halides is 3. The van der Waals surface area contributed by atoms with Crippen molar-refractivity contribution in [2.75, 3.05) is 31.1 Å². The van der Waals surface area contributed by atoms with Crippen LogP contribution in [0.25, 0.3) is 0 Å². The summed E-state index contributed by atoms with van der Waals surface area (Å²) < 4.78 is 39.4. The van der Waals surface area contributed by atoms with Crippen LogP contribution in [0.1, 0.15) is 51.9 Å². The zero-order chi connectivity index (χ0) is 25.0. The van der Waals surface area contributed by atoms with Crippen molar-refractivity contribution in [3.8, 4) is 0 Å². The van der Waals surface area contributed by atoms with Gasteiger partial charge >= 0.3 is 6.18 Å². The molecular formula is C27H29F3N4O. The summed E-state index contributed by atoms with van der Waals surface area (Å²) in [5.74, 6) is 1.21. The number of carbonyl (C=O) groups excluding carboxylic acids is 1. The molecule has 4 rings (SSSR count). The second-order valence-corrected chi connectivity index (χ2v) is 8.75. The van der Waals surface area contributed by atoms with Gasteiger partial charge < -0.3 is 9.80 Å². The van der Waals surface area contributed by atoms with Gasteiger partial charge in [-0.1, -0.05) is 43.3 Å². The maximum atomic E-state index is 13.1. The Bertz CT molecular complexity index is 1180. The number of amides is 1. The monoisotopic (exact) mass is 482 g/mol. The summed E-state index contributed by atoms with van der Waals surface area (Å²) in [6.07, 6.45) is -2.29. The maximum absolute atomic E-state index is 13.1. The first-order valence-electron chi connectivity index (χ1n) is 11.9. The fraction of sp³-hybridized carbons (Fsp3) is 0.370. The summed E-state index contributed by atoms with van der Waals surface area (Å²) in [5, 5.41) is 0. The molecule has 1 amide bonds. The van der Waals surface area contributed by atoms with Crippen LogP contribution in [0.2, 0.25) is 0 Å². The minimum Gasteiger partial charge on any atom is -0.354 e. The Morgan fingerprint density at radius 3 is 2.46 bits per heavy atom. The number of nitrogens with zero attached hydrogens (tertiary/aromatic N) is 4. The predicted molar refractivity (Wildman–Crippen MR) is 130 cm³/mol. The molecule has 2 heterocycles. The number of hydrogen-bond acceptors (Lipinski definition) is 4. The van der Waals surface area contributed by atoms with Gasteiger partial charge in [-0.3, -0.25) is 4.79 Å². The van der Waals surface area contributed by atoms with Gasteiger partial charge in [-0.15, -0.1) is 0 Å². The average Bonchev–Trinajstić information content (AvgIpc) is 3.11. The van der Waals surface area contributed by atoms with E-state index in [1.54, 1.807) is 4.90 Å².